The summed E-state index contributed by atoms with van der Waals surface area (Å²) >= 11 is 0. The van der Waals surface area contributed by atoms with Gasteiger partial charge in [0.1, 0.15) is 17.8 Å². The Morgan fingerprint density at radius 1 is 0.952 bits per heavy atom. The van der Waals surface area contributed by atoms with Gasteiger partial charge in [0.2, 0.25) is 5.88 Å². The monoisotopic (exact) mass is 290 g/mol. The minimum absolute atomic E-state index is 0.342. The van der Waals surface area contributed by atoms with Gasteiger partial charge in [0.05, 0.1) is 33.1 Å². The first-order valence-electron chi connectivity index (χ1n) is 6.42. The molecule has 6 nitrogen and oxygen atoms in total. The van der Waals surface area contributed by atoms with E-state index < -0.39 is 6.10 Å². The molecule has 1 unspecified atom stereocenters. The van der Waals surface area contributed by atoms with E-state index in [0.717, 1.165) is 0 Å². The molecule has 0 radical (unpaired) electrons. The van der Waals surface area contributed by atoms with Crippen molar-refractivity contribution in [2.75, 3.05) is 21.3 Å². The molecule has 21 heavy (non-hydrogen) atoms. The molecule has 0 aliphatic heterocycles. The van der Waals surface area contributed by atoms with Crippen molar-refractivity contribution in [2.45, 2.75) is 12.5 Å². The number of methoxy groups -OCH3 is 3. The zero-order valence-corrected chi connectivity index (χ0v) is 12.2. The van der Waals surface area contributed by atoms with Gasteiger partial charge in [-0.25, -0.2) is 9.97 Å². The van der Waals surface area contributed by atoms with Crippen molar-refractivity contribution in [3.63, 3.8) is 0 Å². The normalized spacial score (nSPS) is 11.8. The maximum atomic E-state index is 10.4. The van der Waals surface area contributed by atoms with Crippen LogP contribution < -0.4 is 14.2 Å². The average Bonchev–Trinajstić information content (AvgIpc) is 2.54. The molecule has 2 aromatic rings. The first kappa shape index (κ1) is 15.1. The SMILES string of the molecule is COc1cc(OC)cc(C(O)Cc2cc(OC)ncn2)c1. The summed E-state index contributed by atoms with van der Waals surface area (Å²) in [6, 6.07) is 6.99. The number of benzene rings is 1. The molecule has 0 fully saturated rings. The van der Waals surface area contributed by atoms with Gasteiger partial charge >= 0.3 is 0 Å². The van der Waals surface area contributed by atoms with Crippen LogP contribution in [0.3, 0.4) is 0 Å². The summed E-state index contributed by atoms with van der Waals surface area (Å²) in [4.78, 5) is 8.06. The van der Waals surface area contributed by atoms with Crippen LogP contribution in [-0.2, 0) is 6.42 Å². The molecule has 0 spiro atoms. The fourth-order valence-electron chi connectivity index (χ4n) is 1.94. The fourth-order valence-corrected chi connectivity index (χ4v) is 1.94. The number of nitrogens with zero attached hydrogens (tertiary/aromatic N) is 2. The minimum atomic E-state index is -0.728. The predicted molar refractivity (Wildman–Crippen MR) is 76.8 cm³/mol. The Balaban J connectivity index is 2.20. The van der Waals surface area contributed by atoms with Gasteiger partial charge in [0.15, 0.2) is 0 Å². The van der Waals surface area contributed by atoms with Gasteiger partial charge in [0.25, 0.3) is 0 Å². The van der Waals surface area contributed by atoms with E-state index in [2.05, 4.69) is 9.97 Å². The lowest BCUT2D eigenvalue weighted by Gasteiger charge is -2.14. The van der Waals surface area contributed by atoms with E-state index in [1.54, 1.807) is 38.5 Å². The van der Waals surface area contributed by atoms with Crippen molar-refractivity contribution in [2.24, 2.45) is 0 Å². The Kier molecular flexibility index (Phi) is 4.94. The zero-order chi connectivity index (χ0) is 15.2. The van der Waals surface area contributed by atoms with Crippen molar-refractivity contribution < 1.29 is 19.3 Å². The summed E-state index contributed by atoms with van der Waals surface area (Å²) in [6.45, 7) is 0. The first-order chi connectivity index (χ1) is 10.2. The van der Waals surface area contributed by atoms with Crippen LogP contribution in [0.1, 0.15) is 17.4 Å². The Labute approximate surface area is 123 Å². The number of aliphatic hydroxyl groups is 1. The number of hydrogen-bond donors (Lipinski definition) is 1. The summed E-state index contributed by atoms with van der Waals surface area (Å²) in [5, 5.41) is 10.4. The third-order valence-electron chi connectivity index (χ3n) is 3.07. The molecule has 1 aromatic carbocycles. The van der Waals surface area contributed by atoms with Crippen LogP contribution in [0.2, 0.25) is 0 Å². The van der Waals surface area contributed by atoms with Gasteiger partial charge in [-0.05, 0) is 17.7 Å². The maximum Gasteiger partial charge on any atom is 0.216 e. The average molecular weight is 290 g/mol. The van der Waals surface area contributed by atoms with Crippen LogP contribution >= 0.6 is 0 Å². The number of aliphatic hydroxyl groups excluding tert-OH is 1. The molecule has 1 heterocycles. The lowest BCUT2D eigenvalue weighted by Crippen LogP contribution is -2.05. The molecule has 0 bridgehead atoms. The highest BCUT2D eigenvalue weighted by Gasteiger charge is 2.13. The molecule has 6 heteroatoms. The number of aromatic nitrogens is 2. The molecule has 0 saturated heterocycles. The van der Waals surface area contributed by atoms with Crippen LogP contribution in [0.15, 0.2) is 30.6 Å². The Bertz CT molecular complexity index is 582. The van der Waals surface area contributed by atoms with E-state index in [-0.39, 0.29) is 0 Å². The van der Waals surface area contributed by atoms with Crippen molar-refractivity contribution in [3.05, 3.63) is 41.9 Å². The van der Waals surface area contributed by atoms with Gasteiger partial charge in [-0.15, -0.1) is 0 Å². The molecule has 0 aliphatic rings. The molecule has 1 aromatic heterocycles. The molecule has 0 amide bonds. The lowest BCUT2D eigenvalue weighted by molar-refractivity contribution is 0.176. The van der Waals surface area contributed by atoms with E-state index in [0.29, 0.717) is 35.1 Å². The van der Waals surface area contributed by atoms with Gasteiger partial charge in [-0.1, -0.05) is 0 Å². The molecule has 0 saturated carbocycles. The lowest BCUT2D eigenvalue weighted by atomic mass is 10.0. The summed E-state index contributed by atoms with van der Waals surface area (Å²) in [5.74, 6) is 1.72. The summed E-state index contributed by atoms with van der Waals surface area (Å²) in [5.41, 5.74) is 1.39. The van der Waals surface area contributed by atoms with Crippen molar-refractivity contribution in [1.29, 1.82) is 0 Å². The van der Waals surface area contributed by atoms with Crippen LogP contribution in [0.25, 0.3) is 0 Å². The quantitative estimate of drug-likeness (QED) is 0.874. The number of hydrogen-bond acceptors (Lipinski definition) is 6. The second-order valence-corrected chi connectivity index (χ2v) is 4.42. The largest absolute Gasteiger partial charge is 0.497 e. The van der Waals surface area contributed by atoms with E-state index in [9.17, 15) is 5.11 Å². The summed E-state index contributed by atoms with van der Waals surface area (Å²) in [6.07, 6.45) is 1.02. The van der Waals surface area contributed by atoms with Crippen LogP contribution in [0.4, 0.5) is 0 Å². The minimum Gasteiger partial charge on any atom is -0.497 e. The molecule has 2 rings (SSSR count). The molecule has 1 N–H and O–H groups in total. The second kappa shape index (κ2) is 6.90. The highest BCUT2D eigenvalue weighted by molar-refractivity contribution is 5.39. The van der Waals surface area contributed by atoms with E-state index in [4.69, 9.17) is 14.2 Å². The first-order valence-corrected chi connectivity index (χ1v) is 6.42. The Morgan fingerprint density at radius 2 is 1.62 bits per heavy atom. The molecular weight excluding hydrogens is 272 g/mol. The third-order valence-corrected chi connectivity index (χ3v) is 3.07. The highest BCUT2D eigenvalue weighted by Crippen LogP contribution is 2.28. The standard InChI is InChI=1S/C15H18N2O4/c1-19-12-4-10(5-13(8-12)20-2)14(18)6-11-7-15(21-3)17-9-16-11/h4-5,7-9,14,18H,6H2,1-3H3. The topological polar surface area (TPSA) is 73.7 Å². The van der Waals surface area contributed by atoms with E-state index in [1.807, 2.05) is 0 Å². The van der Waals surface area contributed by atoms with Gasteiger partial charge in [0, 0.05) is 18.6 Å². The Morgan fingerprint density at radius 3 is 2.19 bits per heavy atom. The molecule has 1 atom stereocenters. The summed E-state index contributed by atoms with van der Waals surface area (Å²) < 4.78 is 15.4. The van der Waals surface area contributed by atoms with E-state index >= 15 is 0 Å². The van der Waals surface area contributed by atoms with Crippen molar-refractivity contribution in [3.8, 4) is 17.4 Å². The number of ether oxygens (including phenoxy) is 3. The van der Waals surface area contributed by atoms with Crippen molar-refractivity contribution >= 4 is 0 Å². The Hall–Kier alpha value is -2.34. The molecular formula is C15H18N2O4. The summed E-state index contributed by atoms with van der Waals surface area (Å²) in [7, 11) is 4.68. The van der Waals surface area contributed by atoms with Gasteiger partial charge < -0.3 is 19.3 Å². The fraction of sp³-hybridized carbons (Fsp3) is 0.333. The van der Waals surface area contributed by atoms with Gasteiger partial charge in [-0.2, -0.15) is 0 Å². The predicted octanol–water partition coefficient (Wildman–Crippen LogP) is 1.78. The zero-order valence-electron chi connectivity index (χ0n) is 12.2. The molecule has 0 aliphatic carbocycles. The van der Waals surface area contributed by atoms with Gasteiger partial charge in [-0.3, -0.25) is 0 Å². The third kappa shape index (κ3) is 3.82. The van der Waals surface area contributed by atoms with Crippen LogP contribution in [-0.4, -0.2) is 36.4 Å². The van der Waals surface area contributed by atoms with Crippen LogP contribution in [0, 0.1) is 0 Å². The van der Waals surface area contributed by atoms with E-state index in [1.165, 1.54) is 13.4 Å². The smallest absolute Gasteiger partial charge is 0.216 e. The number of rotatable bonds is 6. The highest BCUT2D eigenvalue weighted by atomic mass is 16.5. The van der Waals surface area contributed by atoms with Crippen LogP contribution in [0.5, 0.6) is 17.4 Å². The second-order valence-electron chi connectivity index (χ2n) is 4.42. The maximum absolute atomic E-state index is 10.4. The van der Waals surface area contributed by atoms with Crippen molar-refractivity contribution in [1.82, 2.24) is 9.97 Å². The molecule has 112 valence electrons.